The van der Waals surface area contributed by atoms with Crippen molar-refractivity contribution in [3.63, 3.8) is 0 Å². The molecule has 1 atom stereocenters. The maximum Gasteiger partial charge on any atom is 0.238 e. The Balaban J connectivity index is 2.13. The van der Waals surface area contributed by atoms with E-state index in [4.69, 9.17) is 5.14 Å². The fraction of sp³-hybridized carbons (Fsp3) is 0.250. The zero-order valence-corrected chi connectivity index (χ0v) is 13.3. The van der Waals surface area contributed by atoms with Gasteiger partial charge in [-0.15, -0.1) is 0 Å². The number of nitrogens with one attached hydrogen (secondary N) is 1. The lowest BCUT2D eigenvalue weighted by atomic mass is 10.1. The second-order valence-corrected chi connectivity index (χ2v) is 6.85. The number of rotatable bonds is 5. The van der Waals surface area contributed by atoms with E-state index < -0.39 is 10.0 Å². The zero-order chi connectivity index (χ0) is 16.3. The molecular formula is C16H19FN2O2S. The van der Waals surface area contributed by atoms with Gasteiger partial charge in [0.1, 0.15) is 5.82 Å². The Morgan fingerprint density at radius 3 is 2.64 bits per heavy atom. The zero-order valence-electron chi connectivity index (χ0n) is 12.5. The largest absolute Gasteiger partial charge is 0.306 e. The number of aryl methyl sites for hydroxylation is 1. The number of sulfonamides is 1. The average molecular weight is 322 g/mol. The maximum atomic E-state index is 13.3. The van der Waals surface area contributed by atoms with Gasteiger partial charge in [0.25, 0.3) is 0 Å². The summed E-state index contributed by atoms with van der Waals surface area (Å²) in [5, 5.41) is 8.40. The van der Waals surface area contributed by atoms with Crippen molar-refractivity contribution in [3.05, 3.63) is 65.0 Å². The van der Waals surface area contributed by atoms with E-state index in [2.05, 4.69) is 5.32 Å². The van der Waals surface area contributed by atoms with Crippen molar-refractivity contribution in [2.24, 2.45) is 5.14 Å². The number of halogens is 1. The SMILES string of the molecule is Cc1ccc(F)cc1CN[C@H](C)c1cccc(S(N)(=O)=O)c1. The van der Waals surface area contributed by atoms with Crippen LogP contribution in [0.4, 0.5) is 4.39 Å². The topological polar surface area (TPSA) is 72.2 Å². The van der Waals surface area contributed by atoms with E-state index in [0.29, 0.717) is 6.54 Å². The monoisotopic (exact) mass is 322 g/mol. The second-order valence-electron chi connectivity index (χ2n) is 5.29. The molecule has 4 nitrogen and oxygen atoms in total. The number of primary sulfonamides is 1. The summed E-state index contributed by atoms with van der Waals surface area (Å²) in [6.07, 6.45) is 0. The van der Waals surface area contributed by atoms with Gasteiger partial charge in [-0.05, 0) is 54.8 Å². The van der Waals surface area contributed by atoms with Crippen LogP contribution < -0.4 is 10.5 Å². The summed E-state index contributed by atoms with van der Waals surface area (Å²) in [4.78, 5) is 0.0839. The van der Waals surface area contributed by atoms with E-state index >= 15 is 0 Å². The van der Waals surface area contributed by atoms with Crippen molar-refractivity contribution in [1.29, 1.82) is 0 Å². The van der Waals surface area contributed by atoms with Gasteiger partial charge in [-0.1, -0.05) is 18.2 Å². The van der Waals surface area contributed by atoms with Crippen LogP contribution >= 0.6 is 0 Å². The normalized spacial score (nSPS) is 13.1. The molecule has 0 spiro atoms. The standard InChI is InChI=1S/C16H19FN2O2S/c1-11-6-7-15(17)8-14(11)10-19-12(2)13-4-3-5-16(9-13)22(18,20)21/h3-9,12,19H,10H2,1-2H3,(H2,18,20,21)/t12-/m1/s1. The molecule has 22 heavy (non-hydrogen) atoms. The number of nitrogens with two attached hydrogens (primary N) is 1. The molecule has 0 radical (unpaired) electrons. The van der Waals surface area contributed by atoms with E-state index in [9.17, 15) is 12.8 Å². The molecule has 0 aliphatic heterocycles. The number of hydrogen-bond acceptors (Lipinski definition) is 3. The first-order chi connectivity index (χ1) is 10.3. The van der Waals surface area contributed by atoms with Crippen LogP contribution in [0.25, 0.3) is 0 Å². The Labute approximate surface area is 130 Å². The molecule has 2 aromatic rings. The van der Waals surface area contributed by atoms with Crippen LogP contribution in [-0.4, -0.2) is 8.42 Å². The van der Waals surface area contributed by atoms with Crippen molar-refractivity contribution in [3.8, 4) is 0 Å². The van der Waals surface area contributed by atoms with Gasteiger partial charge in [0, 0.05) is 12.6 Å². The predicted octanol–water partition coefficient (Wildman–Crippen LogP) is 2.63. The minimum absolute atomic E-state index is 0.0839. The molecule has 0 heterocycles. The van der Waals surface area contributed by atoms with Gasteiger partial charge in [-0.3, -0.25) is 0 Å². The van der Waals surface area contributed by atoms with Crippen LogP contribution in [0.5, 0.6) is 0 Å². The van der Waals surface area contributed by atoms with E-state index in [1.807, 2.05) is 19.9 Å². The van der Waals surface area contributed by atoms with Crippen LogP contribution in [0.15, 0.2) is 47.4 Å². The molecule has 0 amide bonds. The smallest absolute Gasteiger partial charge is 0.238 e. The first-order valence-electron chi connectivity index (χ1n) is 6.88. The van der Waals surface area contributed by atoms with Gasteiger partial charge in [0.05, 0.1) is 4.90 Å². The van der Waals surface area contributed by atoms with E-state index in [-0.39, 0.29) is 16.8 Å². The highest BCUT2D eigenvalue weighted by atomic mass is 32.2. The average Bonchev–Trinajstić information content (AvgIpc) is 2.47. The molecule has 2 rings (SSSR count). The number of benzene rings is 2. The fourth-order valence-electron chi connectivity index (χ4n) is 2.17. The molecule has 3 N–H and O–H groups in total. The van der Waals surface area contributed by atoms with Crippen LogP contribution in [0, 0.1) is 12.7 Å². The van der Waals surface area contributed by atoms with Crippen LogP contribution in [0.2, 0.25) is 0 Å². The lowest BCUT2D eigenvalue weighted by molar-refractivity contribution is 0.565. The Morgan fingerprint density at radius 1 is 1.23 bits per heavy atom. The molecule has 6 heteroatoms. The van der Waals surface area contributed by atoms with Crippen molar-refractivity contribution < 1.29 is 12.8 Å². The van der Waals surface area contributed by atoms with E-state index in [0.717, 1.165) is 16.7 Å². The van der Waals surface area contributed by atoms with Gasteiger partial charge in [0.2, 0.25) is 10.0 Å². The molecule has 0 aliphatic carbocycles. The summed E-state index contributed by atoms with van der Waals surface area (Å²) < 4.78 is 36.0. The molecule has 2 aromatic carbocycles. The van der Waals surface area contributed by atoms with Crippen molar-refractivity contribution >= 4 is 10.0 Å². The Hall–Kier alpha value is -1.76. The molecule has 0 fully saturated rings. The quantitative estimate of drug-likeness (QED) is 0.889. The van der Waals surface area contributed by atoms with Gasteiger partial charge in [0.15, 0.2) is 0 Å². The summed E-state index contributed by atoms with van der Waals surface area (Å²) in [7, 11) is -3.72. The third kappa shape index (κ3) is 4.13. The molecular weight excluding hydrogens is 303 g/mol. The lowest BCUT2D eigenvalue weighted by Gasteiger charge is -2.16. The van der Waals surface area contributed by atoms with Gasteiger partial charge >= 0.3 is 0 Å². The van der Waals surface area contributed by atoms with Crippen LogP contribution in [-0.2, 0) is 16.6 Å². The highest BCUT2D eigenvalue weighted by Gasteiger charge is 2.11. The molecule has 118 valence electrons. The first kappa shape index (κ1) is 16.6. The second kappa shape index (κ2) is 6.56. The van der Waals surface area contributed by atoms with E-state index in [1.165, 1.54) is 18.2 Å². The molecule has 0 aliphatic rings. The summed E-state index contributed by atoms with van der Waals surface area (Å²) in [5.41, 5.74) is 2.68. The third-order valence-electron chi connectivity index (χ3n) is 3.60. The fourth-order valence-corrected chi connectivity index (χ4v) is 2.74. The molecule has 0 bridgehead atoms. The minimum atomic E-state index is -3.72. The molecule has 0 saturated heterocycles. The lowest BCUT2D eigenvalue weighted by Crippen LogP contribution is -2.19. The summed E-state index contributed by atoms with van der Waals surface area (Å²) in [5.74, 6) is -0.272. The van der Waals surface area contributed by atoms with Crippen molar-refractivity contribution in [2.75, 3.05) is 0 Å². The predicted molar refractivity (Wildman–Crippen MR) is 84.2 cm³/mol. The highest BCUT2D eigenvalue weighted by molar-refractivity contribution is 7.89. The van der Waals surface area contributed by atoms with Gasteiger partial charge in [-0.25, -0.2) is 17.9 Å². The minimum Gasteiger partial charge on any atom is -0.306 e. The molecule has 0 unspecified atom stereocenters. The summed E-state index contributed by atoms with van der Waals surface area (Å²) in [6.45, 7) is 4.32. The number of hydrogen-bond donors (Lipinski definition) is 2. The molecule has 0 aromatic heterocycles. The highest BCUT2D eigenvalue weighted by Crippen LogP contribution is 2.18. The Bertz CT molecular complexity index is 775. The maximum absolute atomic E-state index is 13.3. The van der Waals surface area contributed by atoms with Crippen LogP contribution in [0.1, 0.15) is 29.7 Å². The van der Waals surface area contributed by atoms with Crippen LogP contribution in [0.3, 0.4) is 0 Å². The third-order valence-corrected chi connectivity index (χ3v) is 4.51. The Morgan fingerprint density at radius 2 is 1.95 bits per heavy atom. The van der Waals surface area contributed by atoms with Gasteiger partial charge in [-0.2, -0.15) is 0 Å². The Kier molecular flexibility index (Phi) is 4.95. The van der Waals surface area contributed by atoms with Crippen molar-refractivity contribution in [2.45, 2.75) is 31.3 Å². The van der Waals surface area contributed by atoms with E-state index in [1.54, 1.807) is 18.2 Å². The first-order valence-corrected chi connectivity index (χ1v) is 8.43. The molecule has 0 saturated carbocycles. The van der Waals surface area contributed by atoms with Gasteiger partial charge < -0.3 is 5.32 Å². The van der Waals surface area contributed by atoms with Crippen molar-refractivity contribution in [1.82, 2.24) is 5.32 Å². The summed E-state index contributed by atoms with van der Waals surface area (Å²) in [6, 6.07) is 11.1. The summed E-state index contributed by atoms with van der Waals surface area (Å²) >= 11 is 0.